The van der Waals surface area contributed by atoms with E-state index in [9.17, 15) is 9.59 Å². The Hall–Kier alpha value is -3.59. The van der Waals surface area contributed by atoms with E-state index >= 15 is 0 Å². The summed E-state index contributed by atoms with van der Waals surface area (Å²) >= 11 is 1.36. The van der Waals surface area contributed by atoms with Crippen molar-refractivity contribution >= 4 is 29.0 Å². The summed E-state index contributed by atoms with van der Waals surface area (Å²) in [7, 11) is 0. The number of thiazole rings is 1. The molecule has 0 saturated carbocycles. The van der Waals surface area contributed by atoms with E-state index in [0.717, 1.165) is 22.4 Å². The lowest BCUT2D eigenvalue weighted by Crippen LogP contribution is -2.39. The zero-order valence-corrected chi connectivity index (χ0v) is 20.5. The fourth-order valence-corrected chi connectivity index (χ4v) is 4.41. The van der Waals surface area contributed by atoms with Crippen molar-refractivity contribution in [3.63, 3.8) is 0 Å². The maximum Gasteiger partial charge on any atom is 0.322 e. The summed E-state index contributed by atoms with van der Waals surface area (Å²) in [4.78, 5) is 31.8. The highest BCUT2D eigenvalue weighted by Crippen LogP contribution is 2.32. The average Bonchev–Trinajstić information content (AvgIpc) is 3.47. The van der Waals surface area contributed by atoms with E-state index in [1.165, 1.54) is 11.3 Å². The second kappa shape index (κ2) is 10.1. The van der Waals surface area contributed by atoms with Crippen LogP contribution in [0.25, 0.3) is 0 Å². The van der Waals surface area contributed by atoms with Crippen LogP contribution < -0.4 is 20.1 Å². The largest absolute Gasteiger partial charge is 0.454 e. The zero-order chi connectivity index (χ0) is 24.2. The van der Waals surface area contributed by atoms with Gasteiger partial charge in [0.2, 0.25) is 6.79 Å². The maximum atomic E-state index is 13.0. The molecule has 0 spiro atoms. The first-order valence-corrected chi connectivity index (χ1v) is 11.9. The lowest BCUT2D eigenvalue weighted by Gasteiger charge is -2.27. The summed E-state index contributed by atoms with van der Waals surface area (Å²) in [6.45, 7) is 8.72. The third-order valence-corrected chi connectivity index (χ3v) is 6.41. The molecule has 2 heterocycles. The molecule has 0 radical (unpaired) electrons. The van der Waals surface area contributed by atoms with E-state index in [0.29, 0.717) is 35.3 Å². The summed E-state index contributed by atoms with van der Waals surface area (Å²) in [5.74, 6) is 1.11. The predicted octanol–water partition coefficient (Wildman–Crippen LogP) is 4.86. The first kappa shape index (κ1) is 23.6. The number of carbonyl (C=O) groups is 2. The molecule has 0 unspecified atom stereocenters. The number of nitrogens with one attached hydrogen (secondary N) is 2. The number of aromatic nitrogens is 1. The van der Waals surface area contributed by atoms with Gasteiger partial charge in [0.15, 0.2) is 11.5 Å². The van der Waals surface area contributed by atoms with E-state index in [1.807, 2.05) is 64.1 Å². The highest BCUT2D eigenvalue weighted by atomic mass is 32.1. The molecular formula is C25H28N4O4S. The Balaban J connectivity index is 1.37. The molecule has 34 heavy (non-hydrogen) atoms. The number of rotatable bonds is 7. The number of urea groups is 1. The number of anilines is 1. The molecule has 2 N–H and O–H groups in total. The van der Waals surface area contributed by atoms with Crippen molar-refractivity contribution in [2.45, 2.75) is 46.8 Å². The maximum absolute atomic E-state index is 13.0. The Morgan fingerprint density at radius 1 is 1.12 bits per heavy atom. The van der Waals surface area contributed by atoms with E-state index in [4.69, 9.17) is 9.47 Å². The van der Waals surface area contributed by atoms with Crippen LogP contribution in [0.4, 0.5) is 10.5 Å². The van der Waals surface area contributed by atoms with Crippen molar-refractivity contribution in [3.8, 4) is 11.5 Å². The minimum absolute atomic E-state index is 0.0449. The molecular weight excluding hydrogens is 452 g/mol. The average molecular weight is 481 g/mol. The van der Waals surface area contributed by atoms with Crippen LogP contribution in [-0.4, -0.2) is 34.7 Å². The molecule has 0 saturated heterocycles. The standard InChI is InChI=1S/C25H28N4O4S/c1-15(2)29(25(31)28-23-16(3)6-5-7-17(23)4)12-22-27-19(13-34-22)24(30)26-11-18-8-9-20-21(10-18)33-14-32-20/h5-10,13,15H,11-12,14H2,1-4H3,(H,26,30)(H,28,31). The van der Waals surface area contributed by atoms with Gasteiger partial charge in [-0.05, 0) is 56.5 Å². The van der Waals surface area contributed by atoms with E-state index < -0.39 is 0 Å². The number of ether oxygens (including phenoxy) is 2. The monoisotopic (exact) mass is 480 g/mol. The van der Waals surface area contributed by atoms with Crippen LogP contribution in [0.5, 0.6) is 11.5 Å². The summed E-state index contributed by atoms with van der Waals surface area (Å²) in [6.07, 6.45) is 0. The minimum Gasteiger partial charge on any atom is -0.454 e. The molecule has 3 amide bonds. The van der Waals surface area contributed by atoms with Crippen LogP contribution >= 0.6 is 11.3 Å². The first-order chi connectivity index (χ1) is 16.3. The molecule has 9 heteroatoms. The van der Waals surface area contributed by atoms with Gasteiger partial charge in [-0.1, -0.05) is 24.3 Å². The van der Waals surface area contributed by atoms with Gasteiger partial charge in [-0.3, -0.25) is 4.79 Å². The molecule has 1 aromatic heterocycles. The smallest absolute Gasteiger partial charge is 0.322 e. The molecule has 4 rings (SSSR count). The molecule has 1 aliphatic rings. The fourth-order valence-electron chi connectivity index (χ4n) is 3.64. The van der Waals surface area contributed by atoms with Crippen LogP contribution in [0.1, 0.15) is 46.0 Å². The van der Waals surface area contributed by atoms with E-state index in [2.05, 4.69) is 15.6 Å². The molecule has 0 atom stereocenters. The number of para-hydroxylation sites is 1. The fraction of sp³-hybridized carbons (Fsp3) is 0.320. The van der Waals surface area contributed by atoms with Crippen LogP contribution in [0.2, 0.25) is 0 Å². The predicted molar refractivity (Wildman–Crippen MR) is 131 cm³/mol. The normalized spacial score (nSPS) is 12.0. The number of benzene rings is 2. The third kappa shape index (κ3) is 5.31. The Kier molecular flexibility index (Phi) is 7.02. The Morgan fingerprint density at radius 2 is 1.85 bits per heavy atom. The quantitative estimate of drug-likeness (QED) is 0.504. The van der Waals surface area contributed by atoms with Crippen LogP contribution in [0, 0.1) is 13.8 Å². The Morgan fingerprint density at radius 3 is 2.59 bits per heavy atom. The highest BCUT2D eigenvalue weighted by molar-refractivity contribution is 7.09. The second-order valence-electron chi connectivity index (χ2n) is 8.42. The van der Waals surface area contributed by atoms with Gasteiger partial charge in [-0.2, -0.15) is 0 Å². The molecule has 0 fully saturated rings. The van der Waals surface area contributed by atoms with E-state index in [1.54, 1.807) is 10.3 Å². The van der Waals surface area contributed by atoms with Crippen molar-refractivity contribution in [3.05, 3.63) is 69.2 Å². The number of nitrogens with zero attached hydrogens (tertiary/aromatic N) is 2. The molecule has 0 aliphatic carbocycles. The van der Waals surface area contributed by atoms with Crippen molar-refractivity contribution in [1.29, 1.82) is 0 Å². The lowest BCUT2D eigenvalue weighted by molar-refractivity contribution is 0.0946. The lowest BCUT2D eigenvalue weighted by atomic mass is 10.1. The summed E-state index contributed by atoms with van der Waals surface area (Å²) in [6, 6.07) is 11.2. The van der Waals surface area contributed by atoms with Gasteiger partial charge in [-0.25, -0.2) is 9.78 Å². The van der Waals surface area contributed by atoms with Crippen molar-refractivity contribution < 1.29 is 19.1 Å². The van der Waals surface area contributed by atoms with Gasteiger partial charge in [0.05, 0.1) is 6.54 Å². The summed E-state index contributed by atoms with van der Waals surface area (Å²) in [5.41, 5.74) is 4.07. The van der Waals surface area contributed by atoms with Crippen molar-refractivity contribution in [2.75, 3.05) is 12.1 Å². The molecule has 2 aromatic carbocycles. The Labute approximate surface area is 202 Å². The molecule has 8 nitrogen and oxygen atoms in total. The molecule has 0 bridgehead atoms. The zero-order valence-electron chi connectivity index (χ0n) is 19.7. The van der Waals surface area contributed by atoms with Crippen LogP contribution in [0.3, 0.4) is 0 Å². The number of hydrogen-bond donors (Lipinski definition) is 2. The first-order valence-electron chi connectivity index (χ1n) is 11.1. The van der Waals surface area contributed by atoms with E-state index in [-0.39, 0.29) is 24.8 Å². The molecule has 1 aliphatic heterocycles. The molecule has 3 aromatic rings. The van der Waals surface area contributed by atoms with Gasteiger partial charge in [-0.15, -0.1) is 11.3 Å². The van der Waals surface area contributed by atoms with Crippen LogP contribution in [-0.2, 0) is 13.1 Å². The van der Waals surface area contributed by atoms with Gasteiger partial charge in [0, 0.05) is 23.7 Å². The van der Waals surface area contributed by atoms with Gasteiger partial charge in [0.25, 0.3) is 5.91 Å². The number of fused-ring (bicyclic) bond motifs is 1. The van der Waals surface area contributed by atoms with Crippen molar-refractivity contribution in [1.82, 2.24) is 15.2 Å². The molecule has 178 valence electrons. The minimum atomic E-state index is -0.267. The summed E-state index contributed by atoms with van der Waals surface area (Å²) in [5, 5.41) is 8.32. The topological polar surface area (TPSA) is 92.8 Å². The third-order valence-electron chi connectivity index (χ3n) is 5.58. The number of aryl methyl sites for hydroxylation is 2. The second-order valence-corrected chi connectivity index (χ2v) is 9.36. The SMILES string of the molecule is Cc1cccc(C)c1NC(=O)N(Cc1nc(C(=O)NCc2ccc3c(c2)OCO3)cs1)C(C)C. The van der Waals surface area contributed by atoms with Crippen molar-refractivity contribution in [2.24, 2.45) is 0 Å². The van der Waals surface area contributed by atoms with Gasteiger partial charge < -0.3 is 25.0 Å². The van der Waals surface area contributed by atoms with Crippen LogP contribution in [0.15, 0.2) is 41.8 Å². The van der Waals surface area contributed by atoms with Gasteiger partial charge in [0.1, 0.15) is 10.7 Å². The highest BCUT2D eigenvalue weighted by Gasteiger charge is 2.21. The number of carbonyl (C=O) groups excluding carboxylic acids is 2. The number of hydrogen-bond acceptors (Lipinski definition) is 6. The number of amides is 3. The Bertz CT molecular complexity index is 1190. The summed E-state index contributed by atoms with van der Waals surface area (Å²) < 4.78 is 10.7. The van der Waals surface area contributed by atoms with Gasteiger partial charge >= 0.3 is 6.03 Å².